The monoisotopic (exact) mass is 390 g/mol. The molecule has 1 saturated heterocycles. The maximum Gasteiger partial charge on any atom is 0.263 e. The van der Waals surface area contributed by atoms with Gasteiger partial charge in [0.2, 0.25) is 5.95 Å². The molecule has 0 bridgehead atoms. The van der Waals surface area contributed by atoms with Gasteiger partial charge in [-0.2, -0.15) is 0 Å². The molecule has 1 atom stereocenters. The Labute approximate surface area is 149 Å². The zero-order valence-corrected chi connectivity index (χ0v) is 15.0. The van der Waals surface area contributed by atoms with E-state index in [2.05, 4.69) is 30.8 Å². The second kappa shape index (κ2) is 7.61. The van der Waals surface area contributed by atoms with Crippen LogP contribution in [-0.2, 0) is 4.79 Å². The van der Waals surface area contributed by atoms with Crippen molar-refractivity contribution in [3.63, 3.8) is 0 Å². The van der Waals surface area contributed by atoms with Crippen LogP contribution >= 0.6 is 15.9 Å². The first-order chi connectivity index (χ1) is 11.6. The van der Waals surface area contributed by atoms with Crippen LogP contribution in [0.4, 0.5) is 5.95 Å². The topological polar surface area (TPSA) is 58.6 Å². The summed E-state index contributed by atoms with van der Waals surface area (Å²) in [4.78, 5) is 25.0. The highest BCUT2D eigenvalue weighted by molar-refractivity contribution is 9.10. The van der Waals surface area contributed by atoms with Gasteiger partial charge in [-0.15, -0.1) is 0 Å². The van der Waals surface area contributed by atoms with E-state index in [0.29, 0.717) is 24.8 Å². The zero-order valence-electron chi connectivity index (χ0n) is 13.4. The fourth-order valence-corrected chi connectivity index (χ4v) is 3.01. The summed E-state index contributed by atoms with van der Waals surface area (Å²) in [5, 5.41) is 0. The van der Waals surface area contributed by atoms with Crippen molar-refractivity contribution in [1.29, 1.82) is 0 Å². The Morgan fingerprint density at radius 1 is 1.17 bits per heavy atom. The van der Waals surface area contributed by atoms with Crippen LogP contribution in [0.15, 0.2) is 47.2 Å². The van der Waals surface area contributed by atoms with Crippen molar-refractivity contribution in [2.24, 2.45) is 0 Å². The Morgan fingerprint density at radius 2 is 1.88 bits per heavy atom. The summed E-state index contributed by atoms with van der Waals surface area (Å²) < 4.78 is 6.69. The van der Waals surface area contributed by atoms with Crippen LogP contribution < -0.4 is 9.64 Å². The summed E-state index contributed by atoms with van der Waals surface area (Å²) in [5.41, 5.74) is 0. The maximum absolute atomic E-state index is 12.6. The lowest BCUT2D eigenvalue weighted by molar-refractivity contribution is -0.138. The number of aromatic nitrogens is 2. The molecule has 2 heterocycles. The van der Waals surface area contributed by atoms with E-state index in [1.54, 1.807) is 25.4 Å². The molecule has 1 aromatic carbocycles. The molecule has 0 spiro atoms. The van der Waals surface area contributed by atoms with E-state index < -0.39 is 6.10 Å². The highest BCUT2D eigenvalue weighted by atomic mass is 79.9. The lowest BCUT2D eigenvalue weighted by Gasteiger charge is -2.35. The van der Waals surface area contributed by atoms with Gasteiger partial charge in [0.25, 0.3) is 5.91 Å². The Balaban J connectivity index is 1.55. The zero-order chi connectivity index (χ0) is 16.9. The highest BCUT2D eigenvalue weighted by Crippen LogP contribution is 2.19. The molecule has 1 aromatic heterocycles. The van der Waals surface area contributed by atoms with Crippen LogP contribution in [0.1, 0.15) is 6.92 Å². The van der Waals surface area contributed by atoms with Crippen molar-refractivity contribution < 1.29 is 9.53 Å². The summed E-state index contributed by atoms with van der Waals surface area (Å²) in [7, 11) is 0. The minimum absolute atomic E-state index is 0.00334. The molecule has 2 aromatic rings. The van der Waals surface area contributed by atoms with Crippen molar-refractivity contribution in [2.45, 2.75) is 13.0 Å². The summed E-state index contributed by atoms with van der Waals surface area (Å²) in [5.74, 6) is 1.40. The number of nitrogens with zero attached hydrogens (tertiary/aromatic N) is 4. The Morgan fingerprint density at radius 3 is 2.54 bits per heavy atom. The van der Waals surface area contributed by atoms with E-state index in [-0.39, 0.29) is 5.91 Å². The summed E-state index contributed by atoms with van der Waals surface area (Å²) in [6.45, 7) is 4.52. The smallest absolute Gasteiger partial charge is 0.263 e. The number of carbonyl (C=O) groups excluding carboxylic acids is 1. The molecule has 126 valence electrons. The number of ether oxygens (including phenoxy) is 1. The van der Waals surface area contributed by atoms with Gasteiger partial charge in [-0.05, 0) is 31.2 Å². The maximum atomic E-state index is 12.6. The molecule has 6 nitrogen and oxygen atoms in total. The van der Waals surface area contributed by atoms with Gasteiger partial charge in [0, 0.05) is 43.0 Å². The number of benzene rings is 1. The second-order valence-corrected chi connectivity index (χ2v) is 6.49. The average Bonchev–Trinajstić information content (AvgIpc) is 2.62. The third-order valence-corrected chi connectivity index (χ3v) is 4.38. The first-order valence-electron chi connectivity index (χ1n) is 7.86. The number of anilines is 1. The fraction of sp³-hybridized carbons (Fsp3) is 0.353. The first-order valence-corrected chi connectivity index (χ1v) is 8.66. The minimum atomic E-state index is -0.515. The molecule has 24 heavy (non-hydrogen) atoms. The Bertz CT molecular complexity index is 690. The van der Waals surface area contributed by atoms with Gasteiger partial charge < -0.3 is 14.5 Å². The molecule has 0 N–H and O–H groups in total. The highest BCUT2D eigenvalue weighted by Gasteiger charge is 2.26. The molecular weight excluding hydrogens is 372 g/mol. The SMILES string of the molecule is CC(Oc1cccc(Br)c1)C(=O)N1CCN(c2ncccn2)CC1. The predicted molar refractivity (Wildman–Crippen MR) is 95.1 cm³/mol. The molecule has 1 aliphatic heterocycles. The van der Waals surface area contributed by atoms with Gasteiger partial charge in [-0.3, -0.25) is 4.79 Å². The number of amides is 1. The van der Waals surface area contributed by atoms with Crippen molar-refractivity contribution >= 4 is 27.8 Å². The molecule has 1 unspecified atom stereocenters. The van der Waals surface area contributed by atoms with E-state index in [4.69, 9.17) is 4.74 Å². The average molecular weight is 391 g/mol. The molecule has 0 radical (unpaired) electrons. The standard InChI is InChI=1S/C17H19BrN4O2/c1-13(24-15-5-2-4-14(18)12-15)16(23)21-8-10-22(11-9-21)17-19-6-3-7-20-17/h2-7,12-13H,8-11H2,1H3. The summed E-state index contributed by atoms with van der Waals surface area (Å²) in [6, 6.07) is 9.30. The van der Waals surface area contributed by atoms with Gasteiger partial charge in [0.15, 0.2) is 6.10 Å². The molecule has 0 saturated carbocycles. The van der Waals surface area contributed by atoms with E-state index in [9.17, 15) is 4.79 Å². The summed E-state index contributed by atoms with van der Waals surface area (Å²) >= 11 is 3.40. The largest absolute Gasteiger partial charge is 0.481 e. The molecule has 7 heteroatoms. The van der Waals surface area contributed by atoms with Crippen molar-refractivity contribution in [2.75, 3.05) is 31.1 Å². The lowest BCUT2D eigenvalue weighted by Crippen LogP contribution is -2.52. The third kappa shape index (κ3) is 4.03. The van der Waals surface area contributed by atoms with Crippen LogP contribution in [0.25, 0.3) is 0 Å². The van der Waals surface area contributed by atoms with Crippen LogP contribution in [0, 0.1) is 0 Å². The van der Waals surface area contributed by atoms with Crippen molar-refractivity contribution in [3.05, 3.63) is 47.2 Å². The van der Waals surface area contributed by atoms with Crippen LogP contribution in [0.2, 0.25) is 0 Å². The van der Waals surface area contributed by atoms with E-state index >= 15 is 0 Å². The molecule has 1 fully saturated rings. The van der Waals surface area contributed by atoms with Crippen molar-refractivity contribution in [3.8, 4) is 5.75 Å². The normalized spacial score (nSPS) is 15.9. The van der Waals surface area contributed by atoms with Crippen LogP contribution in [0.5, 0.6) is 5.75 Å². The van der Waals surface area contributed by atoms with Gasteiger partial charge in [0.1, 0.15) is 5.75 Å². The lowest BCUT2D eigenvalue weighted by atomic mass is 10.2. The summed E-state index contributed by atoms with van der Waals surface area (Å²) in [6.07, 6.45) is 2.94. The van der Waals surface area contributed by atoms with E-state index in [1.807, 2.05) is 29.2 Å². The minimum Gasteiger partial charge on any atom is -0.481 e. The van der Waals surface area contributed by atoms with E-state index in [0.717, 1.165) is 17.6 Å². The predicted octanol–water partition coefficient (Wildman–Crippen LogP) is 2.36. The fourth-order valence-electron chi connectivity index (χ4n) is 2.63. The van der Waals surface area contributed by atoms with Gasteiger partial charge in [-0.1, -0.05) is 22.0 Å². The Kier molecular flexibility index (Phi) is 5.30. The number of hydrogen-bond donors (Lipinski definition) is 0. The molecule has 0 aliphatic carbocycles. The van der Waals surface area contributed by atoms with Crippen molar-refractivity contribution in [1.82, 2.24) is 14.9 Å². The number of rotatable bonds is 4. The number of hydrogen-bond acceptors (Lipinski definition) is 5. The third-order valence-electron chi connectivity index (χ3n) is 3.88. The number of carbonyl (C=O) groups is 1. The quantitative estimate of drug-likeness (QED) is 0.801. The number of halogens is 1. The number of piperazine rings is 1. The second-order valence-electron chi connectivity index (χ2n) is 5.58. The van der Waals surface area contributed by atoms with Gasteiger partial charge in [0.05, 0.1) is 0 Å². The molecule has 1 aliphatic rings. The first kappa shape index (κ1) is 16.7. The van der Waals surface area contributed by atoms with Crippen LogP contribution in [-0.4, -0.2) is 53.1 Å². The molecular formula is C17H19BrN4O2. The van der Waals surface area contributed by atoms with Gasteiger partial charge >= 0.3 is 0 Å². The van der Waals surface area contributed by atoms with Crippen LogP contribution in [0.3, 0.4) is 0 Å². The van der Waals surface area contributed by atoms with E-state index in [1.165, 1.54) is 0 Å². The molecule has 1 amide bonds. The Hall–Kier alpha value is -2.15. The van der Waals surface area contributed by atoms with Gasteiger partial charge in [-0.25, -0.2) is 9.97 Å². The molecule has 3 rings (SSSR count).